The van der Waals surface area contributed by atoms with Crippen molar-refractivity contribution in [1.29, 1.82) is 0 Å². The Morgan fingerprint density at radius 3 is 2.47 bits per heavy atom. The van der Waals surface area contributed by atoms with Crippen molar-refractivity contribution in [1.82, 2.24) is 0 Å². The number of nitro benzene ring substituents is 1. The van der Waals surface area contributed by atoms with Crippen LogP contribution in [0, 0.1) is 15.9 Å². The van der Waals surface area contributed by atoms with Crippen LogP contribution in [0.25, 0.3) is 0 Å². The van der Waals surface area contributed by atoms with E-state index in [0.29, 0.717) is 6.07 Å². The number of non-ortho nitro benzene ring substituents is 1. The molecule has 0 heterocycles. The highest BCUT2D eigenvalue weighted by atomic mass is 32.2. The number of halogens is 1. The molecule has 0 saturated heterocycles. The summed E-state index contributed by atoms with van der Waals surface area (Å²) < 4.78 is 37.9. The van der Waals surface area contributed by atoms with E-state index < -0.39 is 32.5 Å². The first-order chi connectivity index (χ1) is 6.79. The zero-order valence-corrected chi connectivity index (χ0v) is 7.90. The summed E-state index contributed by atoms with van der Waals surface area (Å²) in [6, 6.07) is 2.22. The van der Waals surface area contributed by atoms with E-state index in [4.69, 9.17) is 0 Å². The third kappa shape index (κ3) is 3.14. The fraction of sp³-hybridized carbons (Fsp3) is 0. The molecular formula is C6H5FN2O5S. The van der Waals surface area contributed by atoms with Crippen LogP contribution >= 0.6 is 0 Å². The van der Waals surface area contributed by atoms with Gasteiger partial charge in [0.1, 0.15) is 0 Å². The van der Waals surface area contributed by atoms with Gasteiger partial charge in [0.05, 0.1) is 11.0 Å². The number of nitro groups is 1. The maximum absolute atomic E-state index is 13.0. The van der Waals surface area contributed by atoms with E-state index in [9.17, 15) is 22.9 Å². The van der Waals surface area contributed by atoms with Gasteiger partial charge in [0.25, 0.3) is 5.69 Å². The van der Waals surface area contributed by atoms with E-state index in [1.54, 1.807) is 0 Å². The van der Waals surface area contributed by atoms with Crippen LogP contribution in [0.2, 0.25) is 0 Å². The lowest BCUT2D eigenvalue weighted by Gasteiger charge is -2.02. The van der Waals surface area contributed by atoms with Gasteiger partial charge in [0, 0.05) is 6.07 Å². The first kappa shape index (κ1) is 11.3. The lowest BCUT2D eigenvalue weighted by molar-refractivity contribution is -0.385. The molecule has 1 aromatic rings. The molecule has 0 fully saturated rings. The third-order valence-corrected chi connectivity index (χ3v) is 1.74. The summed E-state index contributed by atoms with van der Waals surface area (Å²) in [5, 5.41) is 14.7. The number of hydrogen-bond donors (Lipinski definition) is 1. The van der Waals surface area contributed by atoms with Gasteiger partial charge in [-0.25, -0.2) is 4.39 Å². The molecule has 0 spiro atoms. The minimum atomic E-state index is -4.34. The molecule has 1 rings (SSSR count). The monoisotopic (exact) mass is 236 g/mol. The van der Waals surface area contributed by atoms with Gasteiger partial charge in [-0.05, 0) is 6.07 Å². The van der Waals surface area contributed by atoms with Crippen LogP contribution in [0.3, 0.4) is 0 Å². The predicted molar refractivity (Wildman–Crippen MR) is 46.8 cm³/mol. The van der Waals surface area contributed by atoms with Crippen molar-refractivity contribution in [2.75, 3.05) is 0 Å². The second kappa shape index (κ2) is 3.79. The van der Waals surface area contributed by atoms with Crippen molar-refractivity contribution in [3.63, 3.8) is 0 Å². The van der Waals surface area contributed by atoms with Gasteiger partial charge in [-0.1, -0.05) is 0 Å². The number of nitrogens with two attached hydrogens (primary N) is 1. The first-order valence-corrected chi connectivity index (χ1v) is 4.93. The number of rotatable bonds is 3. The van der Waals surface area contributed by atoms with E-state index >= 15 is 0 Å². The number of nitrogens with zero attached hydrogens (tertiary/aromatic N) is 1. The molecule has 7 nitrogen and oxygen atoms in total. The molecule has 0 atom stereocenters. The third-order valence-electron chi connectivity index (χ3n) is 1.33. The Hall–Kier alpha value is -1.74. The molecule has 0 saturated carbocycles. The number of hydrogen-bond acceptors (Lipinski definition) is 5. The zero-order chi connectivity index (χ0) is 11.6. The summed E-state index contributed by atoms with van der Waals surface area (Å²) >= 11 is 0. The van der Waals surface area contributed by atoms with E-state index in [0.717, 1.165) is 12.1 Å². The van der Waals surface area contributed by atoms with Crippen LogP contribution in [0.15, 0.2) is 18.2 Å². The van der Waals surface area contributed by atoms with Crippen molar-refractivity contribution >= 4 is 16.0 Å². The van der Waals surface area contributed by atoms with E-state index in [-0.39, 0.29) is 0 Å². The molecule has 0 amide bonds. The molecular weight excluding hydrogens is 231 g/mol. The van der Waals surface area contributed by atoms with E-state index in [2.05, 4.69) is 9.32 Å². The van der Waals surface area contributed by atoms with Crippen LogP contribution < -0.4 is 9.32 Å². The highest BCUT2D eigenvalue weighted by Crippen LogP contribution is 2.22. The minimum Gasteiger partial charge on any atom is -0.368 e. The second-order valence-corrected chi connectivity index (χ2v) is 3.60. The van der Waals surface area contributed by atoms with Gasteiger partial charge in [-0.2, -0.15) is 13.6 Å². The molecule has 0 aromatic heterocycles. The average Bonchev–Trinajstić information content (AvgIpc) is 2.05. The smallest absolute Gasteiger partial charge is 0.368 e. The molecule has 9 heteroatoms. The van der Waals surface area contributed by atoms with Crippen LogP contribution in [-0.2, 0) is 10.3 Å². The van der Waals surface area contributed by atoms with Crippen LogP contribution in [0.4, 0.5) is 10.1 Å². The van der Waals surface area contributed by atoms with Crippen molar-refractivity contribution in [3.05, 3.63) is 34.1 Å². The SMILES string of the molecule is NS(=O)(=O)Oc1ccc([N+](=O)[O-])cc1F. The standard InChI is InChI=1S/C6H5FN2O5S/c7-5-3-4(9(10)11)1-2-6(5)14-15(8,12)13/h1-3H,(H2,8,12,13). The summed E-state index contributed by atoms with van der Waals surface area (Å²) in [5.41, 5.74) is -0.519. The zero-order valence-electron chi connectivity index (χ0n) is 7.08. The quantitative estimate of drug-likeness (QED) is 0.599. The van der Waals surface area contributed by atoms with Crippen molar-refractivity contribution in [3.8, 4) is 5.75 Å². The van der Waals surface area contributed by atoms with E-state index in [1.807, 2.05) is 0 Å². The maximum Gasteiger partial charge on any atom is 0.380 e. The van der Waals surface area contributed by atoms with Crippen LogP contribution in [0.5, 0.6) is 5.75 Å². The largest absolute Gasteiger partial charge is 0.380 e. The van der Waals surface area contributed by atoms with Crippen molar-refractivity contribution in [2.45, 2.75) is 0 Å². The maximum atomic E-state index is 13.0. The second-order valence-electron chi connectivity index (χ2n) is 2.45. The average molecular weight is 236 g/mol. The highest BCUT2D eigenvalue weighted by Gasteiger charge is 2.14. The summed E-state index contributed by atoms with van der Waals surface area (Å²) in [5.74, 6) is -1.87. The minimum absolute atomic E-state index is 0.519. The van der Waals surface area contributed by atoms with Gasteiger partial charge < -0.3 is 4.18 Å². The topological polar surface area (TPSA) is 113 Å². The fourth-order valence-electron chi connectivity index (χ4n) is 0.796. The Kier molecular flexibility index (Phi) is 2.86. The molecule has 0 bridgehead atoms. The molecule has 2 N–H and O–H groups in total. The Balaban J connectivity index is 3.09. The Morgan fingerprint density at radius 2 is 2.07 bits per heavy atom. The predicted octanol–water partition coefficient (Wildman–Crippen LogP) is 0.316. The lowest BCUT2D eigenvalue weighted by atomic mass is 10.3. The molecule has 15 heavy (non-hydrogen) atoms. The van der Waals surface area contributed by atoms with Crippen molar-refractivity contribution < 1.29 is 21.9 Å². The van der Waals surface area contributed by atoms with Gasteiger partial charge >= 0.3 is 10.3 Å². The summed E-state index contributed by atoms with van der Waals surface area (Å²) in [7, 11) is -4.34. The molecule has 0 unspecified atom stereocenters. The Labute approximate surface area is 83.7 Å². The van der Waals surface area contributed by atoms with Crippen molar-refractivity contribution in [2.24, 2.45) is 5.14 Å². The molecule has 0 aliphatic rings. The molecule has 0 radical (unpaired) electrons. The summed E-state index contributed by atoms with van der Waals surface area (Å²) in [4.78, 5) is 9.38. The number of benzene rings is 1. The Bertz CT molecular complexity index is 500. The van der Waals surface area contributed by atoms with Crippen LogP contribution in [0.1, 0.15) is 0 Å². The highest BCUT2D eigenvalue weighted by molar-refractivity contribution is 7.84. The normalized spacial score (nSPS) is 11.1. The molecule has 0 aliphatic heterocycles. The molecule has 82 valence electrons. The van der Waals surface area contributed by atoms with Gasteiger partial charge in [0.15, 0.2) is 11.6 Å². The van der Waals surface area contributed by atoms with E-state index in [1.165, 1.54) is 0 Å². The summed E-state index contributed by atoms with van der Waals surface area (Å²) in [6.07, 6.45) is 0. The lowest BCUT2D eigenvalue weighted by Crippen LogP contribution is -2.19. The van der Waals surface area contributed by atoms with Gasteiger partial charge in [-0.3, -0.25) is 10.1 Å². The summed E-state index contributed by atoms with van der Waals surface area (Å²) in [6.45, 7) is 0. The molecule has 1 aromatic carbocycles. The van der Waals surface area contributed by atoms with Crippen LogP contribution in [-0.4, -0.2) is 13.3 Å². The fourth-order valence-corrected chi connectivity index (χ4v) is 1.18. The molecule has 0 aliphatic carbocycles. The Morgan fingerprint density at radius 1 is 1.47 bits per heavy atom. The van der Waals surface area contributed by atoms with Gasteiger partial charge in [0.2, 0.25) is 0 Å². The van der Waals surface area contributed by atoms with Gasteiger partial charge in [-0.15, -0.1) is 0 Å². The first-order valence-electron chi connectivity index (χ1n) is 3.46.